The highest BCUT2D eigenvalue weighted by atomic mass is 16.6. The van der Waals surface area contributed by atoms with Crippen LogP contribution in [0.15, 0.2) is 24.3 Å². The van der Waals surface area contributed by atoms with Crippen molar-refractivity contribution in [1.82, 2.24) is 0 Å². The Morgan fingerprint density at radius 2 is 1.15 bits per heavy atom. The molecule has 0 unspecified atom stereocenters. The Morgan fingerprint density at radius 3 is 1.56 bits per heavy atom. The molecule has 1 aromatic carbocycles. The van der Waals surface area contributed by atoms with E-state index in [1.807, 2.05) is 0 Å². The molecule has 1 amide bonds. The first kappa shape index (κ1) is 29.3. The van der Waals surface area contributed by atoms with Gasteiger partial charge in [-0.1, -0.05) is 25.0 Å². The second-order valence-electron chi connectivity index (χ2n) is 10.9. The Hall–Kier alpha value is -2.70. The SMILES string of the molecule is CC(=O)CCCCCCC(=O)Nc1ccc(C(C)(C(=O)OC(C)(C)C)C(=O)OC(C)(C)C)cc1. The number of Topliss-reactive ketones (excluding diaryl/α,β-unsaturated/α-hetero) is 1. The van der Waals surface area contributed by atoms with E-state index in [1.165, 1.54) is 6.92 Å². The quantitative estimate of drug-likeness (QED) is 0.258. The molecule has 0 spiro atoms. The van der Waals surface area contributed by atoms with Crippen LogP contribution in [0.5, 0.6) is 0 Å². The summed E-state index contributed by atoms with van der Waals surface area (Å²) in [5.41, 5.74) is -2.23. The number of nitrogens with one attached hydrogen (secondary N) is 1. The standard InChI is InChI=1S/C27H41NO6/c1-19(29)13-11-9-10-12-14-22(30)28-21-17-15-20(16-18-21)27(8,23(31)33-25(2,3)4)24(32)34-26(5,6)7/h15-18H,9-14H2,1-8H3,(H,28,30). The zero-order chi connectivity index (χ0) is 26.2. The largest absolute Gasteiger partial charge is 0.459 e. The lowest BCUT2D eigenvalue weighted by Crippen LogP contribution is -2.48. The number of anilines is 1. The minimum Gasteiger partial charge on any atom is -0.459 e. The summed E-state index contributed by atoms with van der Waals surface area (Å²) in [4.78, 5) is 49.4. The second kappa shape index (κ2) is 12.1. The third kappa shape index (κ3) is 10.1. The number of ether oxygens (including phenoxy) is 2. The van der Waals surface area contributed by atoms with E-state index in [1.54, 1.807) is 72.7 Å². The van der Waals surface area contributed by atoms with Gasteiger partial charge in [-0.2, -0.15) is 0 Å². The number of unbranched alkanes of at least 4 members (excludes halogenated alkanes) is 3. The lowest BCUT2D eigenvalue weighted by molar-refractivity contribution is -0.176. The van der Waals surface area contributed by atoms with Crippen LogP contribution < -0.4 is 5.32 Å². The van der Waals surface area contributed by atoms with Gasteiger partial charge in [0.15, 0.2) is 5.41 Å². The number of hydrogen-bond donors (Lipinski definition) is 1. The molecule has 1 rings (SSSR count). The molecule has 0 aromatic heterocycles. The summed E-state index contributed by atoms with van der Waals surface area (Å²) in [7, 11) is 0. The van der Waals surface area contributed by atoms with Gasteiger partial charge in [-0.25, -0.2) is 0 Å². The number of hydrogen-bond acceptors (Lipinski definition) is 6. The van der Waals surface area contributed by atoms with E-state index < -0.39 is 28.6 Å². The lowest BCUT2D eigenvalue weighted by Gasteiger charge is -2.32. The first-order chi connectivity index (χ1) is 15.5. The van der Waals surface area contributed by atoms with Gasteiger partial charge >= 0.3 is 11.9 Å². The van der Waals surface area contributed by atoms with Crippen LogP contribution in [0, 0.1) is 0 Å². The van der Waals surface area contributed by atoms with Gasteiger partial charge < -0.3 is 19.6 Å². The van der Waals surface area contributed by atoms with E-state index in [4.69, 9.17) is 9.47 Å². The fourth-order valence-corrected chi connectivity index (χ4v) is 3.20. The smallest absolute Gasteiger partial charge is 0.328 e. The Labute approximate surface area is 204 Å². The number of amides is 1. The summed E-state index contributed by atoms with van der Waals surface area (Å²) in [5, 5.41) is 2.84. The van der Waals surface area contributed by atoms with Gasteiger partial charge in [0.25, 0.3) is 0 Å². The van der Waals surface area contributed by atoms with Crippen LogP contribution in [0.25, 0.3) is 0 Å². The van der Waals surface area contributed by atoms with E-state index in [0.29, 0.717) is 24.1 Å². The van der Waals surface area contributed by atoms with E-state index in [0.717, 1.165) is 25.7 Å². The maximum absolute atomic E-state index is 13.1. The molecule has 0 radical (unpaired) electrons. The molecule has 0 aliphatic rings. The average molecular weight is 476 g/mol. The molecule has 190 valence electrons. The normalized spacial score (nSPS) is 12.1. The molecule has 0 heterocycles. The third-order valence-corrected chi connectivity index (χ3v) is 5.04. The zero-order valence-electron chi connectivity index (χ0n) is 22.0. The van der Waals surface area contributed by atoms with Gasteiger partial charge in [0.1, 0.15) is 17.0 Å². The molecule has 0 fully saturated rings. The molecule has 34 heavy (non-hydrogen) atoms. The second-order valence-corrected chi connectivity index (χ2v) is 10.9. The Kier molecular flexibility index (Phi) is 10.5. The summed E-state index contributed by atoms with van der Waals surface area (Å²) >= 11 is 0. The van der Waals surface area contributed by atoms with Crippen molar-refractivity contribution in [3.63, 3.8) is 0 Å². The van der Waals surface area contributed by atoms with Crippen molar-refractivity contribution >= 4 is 29.3 Å². The van der Waals surface area contributed by atoms with Crippen molar-refractivity contribution in [2.45, 2.75) is 111 Å². The molecule has 7 heteroatoms. The van der Waals surface area contributed by atoms with E-state index in [9.17, 15) is 19.2 Å². The summed E-state index contributed by atoms with van der Waals surface area (Å²) in [6, 6.07) is 6.58. The molecular formula is C27H41NO6. The number of ketones is 1. The predicted octanol–water partition coefficient (Wildman–Crippen LogP) is 5.50. The number of carbonyl (C=O) groups excluding carboxylic acids is 4. The number of benzene rings is 1. The fraction of sp³-hybridized carbons (Fsp3) is 0.630. The lowest BCUT2D eigenvalue weighted by atomic mass is 9.82. The van der Waals surface area contributed by atoms with Crippen LogP contribution in [0.4, 0.5) is 5.69 Å². The topological polar surface area (TPSA) is 98.8 Å². The molecule has 0 aliphatic carbocycles. The van der Waals surface area contributed by atoms with Crippen molar-refractivity contribution < 1.29 is 28.7 Å². The minimum absolute atomic E-state index is 0.110. The Balaban J connectivity index is 2.89. The number of carbonyl (C=O) groups is 4. The molecule has 0 bridgehead atoms. The highest BCUT2D eigenvalue weighted by molar-refractivity contribution is 6.06. The highest BCUT2D eigenvalue weighted by Gasteiger charge is 2.48. The summed E-state index contributed by atoms with van der Waals surface area (Å²) in [6.45, 7) is 13.5. The first-order valence-electron chi connectivity index (χ1n) is 11.9. The molecule has 7 nitrogen and oxygen atoms in total. The van der Waals surface area contributed by atoms with Crippen LogP contribution in [-0.4, -0.2) is 34.8 Å². The van der Waals surface area contributed by atoms with Gasteiger partial charge in [0.05, 0.1) is 0 Å². The Bertz CT molecular complexity index is 831. The molecule has 1 N–H and O–H groups in total. The molecule has 0 aliphatic heterocycles. The molecule has 0 atom stereocenters. The van der Waals surface area contributed by atoms with Crippen molar-refractivity contribution in [2.24, 2.45) is 0 Å². The average Bonchev–Trinajstić information content (AvgIpc) is 2.67. The van der Waals surface area contributed by atoms with Gasteiger partial charge in [-0.15, -0.1) is 0 Å². The summed E-state index contributed by atoms with van der Waals surface area (Å²) < 4.78 is 11.1. The van der Waals surface area contributed by atoms with E-state index >= 15 is 0 Å². The van der Waals surface area contributed by atoms with Crippen molar-refractivity contribution in [1.29, 1.82) is 0 Å². The fourth-order valence-electron chi connectivity index (χ4n) is 3.20. The van der Waals surface area contributed by atoms with Gasteiger partial charge in [0.2, 0.25) is 5.91 Å². The molecule has 0 saturated carbocycles. The number of rotatable bonds is 11. The van der Waals surface area contributed by atoms with Gasteiger partial charge in [0, 0.05) is 18.5 Å². The van der Waals surface area contributed by atoms with Crippen LogP contribution in [-0.2, 0) is 34.1 Å². The van der Waals surface area contributed by atoms with Crippen molar-refractivity contribution in [2.75, 3.05) is 5.32 Å². The van der Waals surface area contributed by atoms with Crippen molar-refractivity contribution in [3.05, 3.63) is 29.8 Å². The number of esters is 2. The van der Waals surface area contributed by atoms with E-state index in [2.05, 4.69) is 5.32 Å². The van der Waals surface area contributed by atoms with Crippen molar-refractivity contribution in [3.8, 4) is 0 Å². The summed E-state index contributed by atoms with van der Waals surface area (Å²) in [5.74, 6) is -1.32. The van der Waals surface area contributed by atoms with Crippen LogP contribution in [0.2, 0.25) is 0 Å². The molecule has 1 aromatic rings. The third-order valence-electron chi connectivity index (χ3n) is 5.04. The monoisotopic (exact) mass is 475 g/mol. The minimum atomic E-state index is -1.66. The van der Waals surface area contributed by atoms with Gasteiger partial charge in [-0.05, 0) is 85.9 Å². The Morgan fingerprint density at radius 1 is 0.706 bits per heavy atom. The predicted molar refractivity (Wildman–Crippen MR) is 132 cm³/mol. The van der Waals surface area contributed by atoms with Crippen LogP contribution >= 0.6 is 0 Å². The highest BCUT2D eigenvalue weighted by Crippen LogP contribution is 2.32. The zero-order valence-corrected chi connectivity index (χ0v) is 22.0. The van der Waals surface area contributed by atoms with Crippen LogP contribution in [0.1, 0.15) is 99.5 Å². The maximum Gasteiger partial charge on any atom is 0.328 e. The molecular weight excluding hydrogens is 434 g/mol. The first-order valence-corrected chi connectivity index (χ1v) is 11.9. The van der Waals surface area contributed by atoms with Gasteiger partial charge in [-0.3, -0.25) is 14.4 Å². The van der Waals surface area contributed by atoms with E-state index in [-0.39, 0.29) is 11.7 Å². The summed E-state index contributed by atoms with van der Waals surface area (Å²) in [6.07, 6.45) is 4.39. The van der Waals surface area contributed by atoms with Crippen LogP contribution in [0.3, 0.4) is 0 Å². The maximum atomic E-state index is 13.1. The molecule has 0 saturated heterocycles.